The third-order valence-corrected chi connectivity index (χ3v) is 5.47. The van der Waals surface area contributed by atoms with Crippen LogP contribution in [0, 0.1) is 6.92 Å². The molecule has 0 N–H and O–H groups in total. The van der Waals surface area contributed by atoms with Gasteiger partial charge in [0.2, 0.25) is 5.78 Å². The lowest BCUT2D eigenvalue weighted by Gasteiger charge is -2.03. The molecular formula is C18H13BrOS. The molecule has 3 heteroatoms. The van der Waals surface area contributed by atoms with Crippen LogP contribution in [0.3, 0.4) is 0 Å². The van der Waals surface area contributed by atoms with Crippen molar-refractivity contribution < 1.29 is 4.79 Å². The normalized spacial score (nSPS) is 10.6. The summed E-state index contributed by atoms with van der Waals surface area (Å²) in [6.07, 6.45) is 0. The van der Waals surface area contributed by atoms with Gasteiger partial charge in [0.1, 0.15) is 0 Å². The summed E-state index contributed by atoms with van der Waals surface area (Å²) in [4.78, 5) is 13.2. The van der Waals surface area contributed by atoms with E-state index in [-0.39, 0.29) is 5.78 Å². The van der Waals surface area contributed by atoms with Gasteiger partial charge in [-0.05, 0) is 45.6 Å². The monoisotopic (exact) mass is 356 g/mol. The summed E-state index contributed by atoms with van der Waals surface area (Å²) in [5, 5.41) is 0. The maximum atomic E-state index is 12.4. The zero-order valence-corrected chi connectivity index (χ0v) is 13.9. The van der Waals surface area contributed by atoms with Crippen molar-refractivity contribution in [1.82, 2.24) is 0 Å². The van der Waals surface area contributed by atoms with Crippen LogP contribution in [0.25, 0.3) is 11.1 Å². The van der Waals surface area contributed by atoms with E-state index in [1.807, 2.05) is 55.5 Å². The number of carbonyl (C=O) groups excluding carboxylic acids is 1. The van der Waals surface area contributed by atoms with Crippen molar-refractivity contribution in [3.05, 3.63) is 80.5 Å². The zero-order chi connectivity index (χ0) is 14.8. The second-order valence-corrected chi connectivity index (χ2v) is 7.21. The van der Waals surface area contributed by atoms with E-state index in [9.17, 15) is 4.79 Å². The van der Waals surface area contributed by atoms with Crippen LogP contribution in [-0.4, -0.2) is 5.78 Å². The van der Waals surface area contributed by atoms with E-state index in [0.717, 1.165) is 30.9 Å². The molecule has 0 radical (unpaired) electrons. The van der Waals surface area contributed by atoms with Crippen LogP contribution in [0.2, 0.25) is 0 Å². The Morgan fingerprint density at radius 2 is 1.57 bits per heavy atom. The van der Waals surface area contributed by atoms with E-state index in [1.54, 1.807) is 0 Å². The largest absolute Gasteiger partial charge is 0.288 e. The van der Waals surface area contributed by atoms with Crippen LogP contribution in [0.4, 0.5) is 0 Å². The molecule has 0 bridgehead atoms. The molecule has 2 aromatic carbocycles. The lowest BCUT2D eigenvalue weighted by atomic mass is 10.0. The molecule has 0 saturated carbocycles. The summed E-state index contributed by atoms with van der Waals surface area (Å²) < 4.78 is 1.02. The van der Waals surface area contributed by atoms with Gasteiger partial charge in [0.05, 0.1) is 8.66 Å². The minimum atomic E-state index is 0.0772. The number of thiophene rings is 1. The van der Waals surface area contributed by atoms with Gasteiger partial charge >= 0.3 is 0 Å². The zero-order valence-electron chi connectivity index (χ0n) is 11.5. The van der Waals surface area contributed by atoms with Crippen molar-refractivity contribution >= 4 is 33.0 Å². The number of ketones is 1. The number of carbonyl (C=O) groups is 1. The van der Waals surface area contributed by atoms with Gasteiger partial charge in [0.25, 0.3) is 0 Å². The number of hydrogen-bond acceptors (Lipinski definition) is 2. The fourth-order valence-corrected chi connectivity index (χ4v) is 3.66. The molecule has 0 fully saturated rings. The van der Waals surface area contributed by atoms with Crippen molar-refractivity contribution in [1.29, 1.82) is 0 Å². The number of benzene rings is 2. The molecule has 0 aliphatic heterocycles. The van der Waals surface area contributed by atoms with Crippen LogP contribution in [0.1, 0.15) is 20.8 Å². The Bertz CT molecular complexity index is 753. The summed E-state index contributed by atoms with van der Waals surface area (Å²) in [6.45, 7) is 2.00. The van der Waals surface area contributed by atoms with E-state index >= 15 is 0 Å². The third-order valence-electron chi connectivity index (χ3n) is 3.34. The minimum absolute atomic E-state index is 0.0772. The molecule has 0 amide bonds. The highest BCUT2D eigenvalue weighted by Crippen LogP contribution is 2.29. The van der Waals surface area contributed by atoms with Gasteiger partial charge in [-0.25, -0.2) is 0 Å². The Morgan fingerprint density at radius 3 is 2.14 bits per heavy atom. The Morgan fingerprint density at radius 1 is 0.952 bits per heavy atom. The van der Waals surface area contributed by atoms with Gasteiger partial charge < -0.3 is 0 Å². The van der Waals surface area contributed by atoms with Gasteiger partial charge in [-0.2, -0.15) is 0 Å². The van der Waals surface area contributed by atoms with Gasteiger partial charge in [0, 0.05) is 5.56 Å². The van der Waals surface area contributed by atoms with E-state index in [0.29, 0.717) is 0 Å². The molecule has 0 aliphatic rings. The lowest BCUT2D eigenvalue weighted by molar-refractivity contribution is 0.104. The molecule has 1 nitrogen and oxygen atoms in total. The van der Waals surface area contributed by atoms with Crippen molar-refractivity contribution in [3.8, 4) is 11.1 Å². The summed E-state index contributed by atoms with van der Waals surface area (Å²) in [5.74, 6) is 0.0772. The van der Waals surface area contributed by atoms with Crippen molar-refractivity contribution in [2.45, 2.75) is 6.92 Å². The van der Waals surface area contributed by atoms with E-state index in [4.69, 9.17) is 0 Å². The number of hydrogen-bond donors (Lipinski definition) is 0. The van der Waals surface area contributed by atoms with Crippen LogP contribution >= 0.6 is 27.3 Å². The van der Waals surface area contributed by atoms with Gasteiger partial charge in [0.15, 0.2) is 0 Å². The molecule has 1 heterocycles. The average molecular weight is 357 g/mol. The maximum absolute atomic E-state index is 12.4. The molecular weight excluding hydrogens is 344 g/mol. The Kier molecular flexibility index (Phi) is 4.04. The van der Waals surface area contributed by atoms with Crippen molar-refractivity contribution in [2.75, 3.05) is 0 Å². The molecule has 0 saturated heterocycles. The number of aryl methyl sites for hydroxylation is 1. The highest BCUT2D eigenvalue weighted by atomic mass is 79.9. The predicted molar refractivity (Wildman–Crippen MR) is 92.1 cm³/mol. The Hall–Kier alpha value is -1.71. The summed E-state index contributed by atoms with van der Waals surface area (Å²) in [6, 6.07) is 19.9. The fraction of sp³-hybridized carbons (Fsp3) is 0.0556. The smallest absolute Gasteiger partial charge is 0.202 e. The fourth-order valence-electron chi connectivity index (χ4n) is 2.16. The maximum Gasteiger partial charge on any atom is 0.202 e. The second-order valence-electron chi connectivity index (χ2n) is 4.84. The Balaban J connectivity index is 1.89. The minimum Gasteiger partial charge on any atom is -0.288 e. The van der Waals surface area contributed by atoms with E-state index in [2.05, 4.69) is 28.1 Å². The molecule has 0 spiro atoms. The first-order valence-electron chi connectivity index (χ1n) is 6.61. The quantitative estimate of drug-likeness (QED) is 0.548. The summed E-state index contributed by atoms with van der Waals surface area (Å²) >= 11 is 4.95. The number of halogens is 1. The molecule has 1 aromatic heterocycles. The topological polar surface area (TPSA) is 17.1 Å². The summed E-state index contributed by atoms with van der Waals surface area (Å²) in [5.41, 5.74) is 4.11. The Labute approximate surface area is 136 Å². The molecule has 0 unspecified atom stereocenters. The second kappa shape index (κ2) is 5.96. The molecule has 3 aromatic rings. The van der Waals surface area contributed by atoms with Gasteiger partial charge in [-0.15, -0.1) is 11.3 Å². The highest BCUT2D eigenvalue weighted by Gasteiger charge is 2.13. The average Bonchev–Trinajstić information content (AvgIpc) is 2.87. The molecule has 104 valence electrons. The number of rotatable bonds is 3. The standard InChI is InChI=1S/C18H13BrOS/c1-12-11-16(21-18(12)19)17(20)15-9-7-14(8-10-15)13-5-3-2-4-6-13/h2-11H,1H3. The van der Waals surface area contributed by atoms with Crippen molar-refractivity contribution in [3.63, 3.8) is 0 Å². The third kappa shape index (κ3) is 2.99. The van der Waals surface area contributed by atoms with Crippen molar-refractivity contribution in [2.24, 2.45) is 0 Å². The van der Waals surface area contributed by atoms with Crippen LogP contribution in [0.5, 0.6) is 0 Å². The van der Waals surface area contributed by atoms with Gasteiger partial charge in [-0.1, -0.05) is 54.6 Å². The molecule has 21 heavy (non-hydrogen) atoms. The molecule has 3 rings (SSSR count). The lowest BCUT2D eigenvalue weighted by Crippen LogP contribution is -1.98. The SMILES string of the molecule is Cc1cc(C(=O)c2ccc(-c3ccccc3)cc2)sc1Br. The first-order chi connectivity index (χ1) is 10.1. The van der Waals surface area contributed by atoms with E-state index in [1.165, 1.54) is 11.3 Å². The van der Waals surface area contributed by atoms with Crippen LogP contribution < -0.4 is 0 Å². The van der Waals surface area contributed by atoms with Crippen LogP contribution in [-0.2, 0) is 0 Å². The van der Waals surface area contributed by atoms with E-state index < -0.39 is 0 Å². The molecule has 0 atom stereocenters. The first kappa shape index (κ1) is 14.2. The first-order valence-corrected chi connectivity index (χ1v) is 8.22. The highest BCUT2D eigenvalue weighted by molar-refractivity contribution is 9.11. The van der Waals surface area contributed by atoms with Gasteiger partial charge in [-0.3, -0.25) is 4.79 Å². The molecule has 0 aliphatic carbocycles. The summed E-state index contributed by atoms with van der Waals surface area (Å²) in [7, 11) is 0. The van der Waals surface area contributed by atoms with Crippen LogP contribution in [0.15, 0.2) is 64.5 Å². The predicted octanol–water partition coefficient (Wildman–Crippen LogP) is 5.72.